The quantitative estimate of drug-likeness (QED) is 0.752. The minimum Gasteiger partial charge on any atom is -0.473 e. The van der Waals surface area contributed by atoms with Crippen molar-refractivity contribution < 1.29 is 13.7 Å². The fourth-order valence-electron chi connectivity index (χ4n) is 3.32. The van der Waals surface area contributed by atoms with Crippen LogP contribution in [-0.2, 0) is 9.31 Å². The molecule has 100 valence electrons. The zero-order chi connectivity index (χ0) is 13.2. The number of hydrogen-bond acceptors (Lipinski definition) is 3. The summed E-state index contributed by atoms with van der Waals surface area (Å²) in [5.41, 5.74) is 0.613. The minimum absolute atomic E-state index is 0.182. The summed E-state index contributed by atoms with van der Waals surface area (Å²) in [5.74, 6) is 0. The first-order chi connectivity index (χ1) is 8.67. The maximum Gasteiger partial charge on any atom is 0.498 e. The molecule has 0 unspecified atom stereocenters. The van der Waals surface area contributed by atoms with Gasteiger partial charge in [0.15, 0.2) is 0 Å². The second-order valence-corrected chi connectivity index (χ2v) is 5.03. The lowest BCUT2D eigenvalue weighted by atomic mass is 9.75. The van der Waals surface area contributed by atoms with E-state index in [0.717, 1.165) is 31.1 Å². The lowest BCUT2D eigenvalue weighted by molar-refractivity contribution is -0.0601. The molecule has 0 atom stereocenters. The topological polar surface area (TPSA) is 31.6 Å². The zero-order valence-electron chi connectivity index (χ0n) is 11.9. The molecule has 1 aromatic heterocycles. The average molecular weight is 250 g/mol. The molecule has 1 aromatic rings. The van der Waals surface area contributed by atoms with Gasteiger partial charge in [-0.25, -0.2) is 0 Å². The van der Waals surface area contributed by atoms with Crippen molar-refractivity contribution in [1.29, 1.82) is 0 Å². The summed E-state index contributed by atoms with van der Waals surface area (Å²) in [6.45, 7) is 8.74. The Labute approximate surface area is 110 Å². The maximum absolute atomic E-state index is 6.31. The van der Waals surface area contributed by atoms with E-state index in [9.17, 15) is 0 Å². The van der Waals surface area contributed by atoms with Gasteiger partial charge in [0.05, 0.1) is 23.7 Å². The lowest BCUT2D eigenvalue weighted by Crippen LogP contribution is -2.50. The van der Waals surface area contributed by atoms with Crippen LogP contribution in [0.15, 0.2) is 23.0 Å². The van der Waals surface area contributed by atoms with E-state index in [-0.39, 0.29) is 18.3 Å². The standard InChI is InChI=1S/C14H23BO3/c1-5-13(6-2)14(7-3,8-4)18-15(17-13)12-9-10-16-11-12/h9-11H,5-8H2,1-4H3. The molecule has 1 aliphatic heterocycles. The molecule has 1 saturated heterocycles. The fourth-order valence-corrected chi connectivity index (χ4v) is 3.32. The average Bonchev–Trinajstić information content (AvgIpc) is 3.04. The second kappa shape index (κ2) is 5.10. The number of rotatable bonds is 5. The highest BCUT2D eigenvalue weighted by atomic mass is 16.7. The summed E-state index contributed by atoms with van der Waals surface area (Å²) in [5, 5.41) is 0. The first-order valence-electron chi connectivity index (χ1n) is 7.04. The van der Waals surface area contributed by atoms with Crippen molar-refractivity contribution in [2.24, 2.45) is 0 Å². The second-order valence-electron chi connectivity index (χ2n) is 5.03. The molecule has 0 radical (unpaired) electrons. The molecular formula is C14H23BO3. The summed E-state index contributed by atoms with van der Waals surface area (Å²) < 4.78 is 17.8. The predicted molar refractivity (Wildman–Crippen MR) is 72.9 cm³/mol. The molecule has 1 fully saturated rings. The van der Waals surface area contributed by atoms with Crippen molar-refractivity contribution in [2.45, 2.75) is 64.6 Å². The van der Waals surface area contributed by atoms with Gasteiger partial charge in [-0.2, -0.15) is 0 Å². The molecule has 0 bridgehead atoms. The third-order valence-corrected chi connectivity index (χ3v) is 4.60. The zero-order valence-corrected chi connectivity index (χ0v) is 11.9. The van der Waals surface area contributed by atoms with Crippen LogP contribution < -0.4 is 5.46 Å². The number of hydrogen-bond donors (Lipinski definition) is 0. The Balaban J connectivity index is 2.34. The van der Waals surface area contributed by atoms with Gasteiger partial charge in [-0.05, 0) is 31.7 Å². The molecule has 0 N–H and O–H groups in total. The Morgan fingerprint density at radius 3 is 1.78 bits per heavy atom. The normalized spacial score (nSPS) is 21.4. The van der Waals surface area contributed by atoms with E-state index in [1.165, 1.54) is 0 Å². The van der Waals surface area contributed by atoms with Gasteiger partial charge in [-0.1, -0.05) is 27.7 Å². The van der Waals surface area contributed by atoms with Gasteiger partial charge in [0.1, 0.15) is 0 Å². The summed E-state index contributed by atoms with van der Waals surface area (Å²) in [6.07, 6.45) is 7.26. The van der Waals surface area contributed by atoms with Crippen LogP contribution in [0.4, 0.5) is 0 Å². The molecule has 2 heterocycles. The molecule has 0 saturated carbocycles. The van der Waals surface area contributed by atoms with Crippen LogP contribution in [0.2, 0.25) is 0 Å². The van der Waals surface area contributed by atoms with Crippen LogP contribution in [0, 0.1) is 0 Å². The molecule has 0 amide bonds. The van der Waals surface area contributed by atoms with E-state index in [4.69, 9.17) is 13.7 Å². The molecule has 1 aliphatic rings. The maximum atomic E-state index is 6.31. The SMILES string of the molecule is CCC1(CC)OB(c2ccoc2)OC1(CC)CC. The van der Waals surface area contributed by atoms with E-state index in [2.05, 4.69) is 27.7 Å². The van der Waals surface area contributed by atoms with Gasteiger partial charge in [0.2, 0.25) is 0 Å². The van der Waals surface area contributed by atoms with Gasteiger partial charge in [-0.3, -0.25) is 0 Å². The highest BCUT2D eigenvalue weighted by Gasteiger charge is 2.58. The first-order valence-corrected chi connectivity index (χ1v) is 7.04. The fraction of sp³-hybridized carbons (Fsp3) is 0.714. The molecule has 2 rings (SSSR count). The summed E-state index contributed by atoms with van der Waals surface area (Å²) in [6, 6.07) is 1.92. The third kappa shape index (κ3) is 1.82. The largest absolute Gasteiger partial charge is 0.498 e. The Hall–Kier alpha value is -0.735. The van der Waals surface area contributed by atoms with Gasteiger partial charge in [-0.15, -0.1) is 0 Å². The monoisotopic (exact) mass is 250 g/mol. The Morgan fingerprint density at radius 1 is 0.944 bits per heavy atom. The Bertz CT molecular complexity index is 346. The van der Waals surface area contributed by atoms with E-state index in [1.54, 1.807) is 12.5 Å². The van der Waals surface area contributed by atoms with Gasteiger partial charge >= 0.3 is 7.12 Å². The van der Waals surface area contributed by atoms with Gasteiger partial charge in [0.25, 0.3) is 0 Å². The molecule has 0 aliphatic carbocycles. The van der Waals surface area contributed by atoms with E-state index in [0.29, 0.717) is 0 Å². The van der Waals surface area contributed by atoms with Crippen molar-refractivity contribution >= 4 is 12.6 Å². The highest BCUT2D eigenvalue weighted by Crippen LogP contribution is 2.46. The number of furan rings is 1. The minimum atomic E-state index is -0.288. The van der Waals surface area contributed by atoms with Crippen molar-refractivity contribution in [3.63, 3.8) is 0 Å². The smallest absolute Gasteiger partial charge is 0.473 e. The van der Waals surface area contributed by atoms with Gasteiger partial charge in [0, 0.05) is 5.46 Å². The lowest BCUT2D eigenvalue weighted by Gasteiger charge is -2.42. The predicted octanol–water partition coefficient (Wildman–Crippen LogP) is 3.14. The highest BCUT2D eigenvalue weighted by molar-refractivity contribution is 6.62. The van der Waals surface area contributed by atoms with Crippen LogP contribution in [0.3, 0.4) is 0 Å². The third-order valence-electron chi connectivity index (χ3n) is 4.60. The molecular weight excluding hydrogens is 227 g/mol. The molecule has 0 spiro atoms. The van der Waals surface area contributed by atoms with Crippen LogP contribution in [-0.4, -0.2) is 18.3 Å². The first kappa shape index (κ1) is 13.7. The van der Waals surface area contributed by atoms with Crippen molar-refractivity contribution in [3.8, 4) is 0 Å². The van der Waals surface area contributed by atoms with E-state index < -0.39 is 0 Å². The van der Waals surface area contributed by atoms with Crippen molar-refractivity contribution in [3.05, 3.63) is 18.6 Å². The Morgan fingerprint density at radius 2 is 1.44 bits per heavy atom. The molecule has 18 heavy (non-hydrogen) atoms. The van der Waals surface area contributed by atoms with E-state index >= 15 is 0 Å². The summed E-state index contributed by atoms with van der Waals surface area (Å²) >= 11 is 0. The summed E-state index contributed by atoms with van der Waals surface area (Å²) in [4.78, 5) is 0. The van der Waals surface area contributed by atoms with Crippen LogP contribution in [0.5, 0.6) is 0 Å². The Kier molecular flexibility index (Phi) is 3.88. The van der Waals surface area contributed by atoms with Crippen LogP contribution in [0.1, 0.15) is 53.4 Å². The van der Waals surface area contributed by atoms with E-state index in [1.807, 2.05) is 6.07 Å². The summed E-state index contributed by atoms with van der Waals surface area (Å²) in [7, 11) is -0.288. The molecule has 0 aromatic carbocycles. The molecule has 4 heteroatoms. The van der Waals surface area contributed by atoms with Gasteiger partial charge < -0.3 is 13.7 Å². The van der Waals surface area contributed by atoms with Crippen LogP contribution >= 0.6 is 0 Å². The van der Waals surface area contributed by atoms with Crippen molar-refractivity contribution in [1.82, 2.24) is 0 Å². The van der Waals surface area contributed by atoms with Crippen molar-refractivity contribution in [2.75, 3.05) is 0 Å². The molecule has 3 nitrogen and oxygen atoms in total. The van der Waals surface area contributed by atoms with Crippen LogP contribution in [0.25, 0.3) is 0 Å².